The van der Waals surface area contributed by atoms with Gasteiger partial charge in [-0.15, -0.1) is 10.2 Å². The molecular weight excluding hydrogens is 318 g/mol. The van der Waals surface area contributed by atoms with E-state index in [2.05, 4.69) is 38.8 Å². The lowest BCUT2D eigenvalue weighted by Crippen LogP contribution is -2.55. The third kappa shape index (κ3) is 3.87. The number of amides is 1. The molecule has 1 aliphatic carbocycles. The molecule has 1 atom stereocenters. The van der Waals surface area contributed by atoms with Gasteiger partial charge in [-0.25, -0.2) is 0 Å². The number of carbonyl (C=O) groups is 1. The van der Waals surface area contributed by atoms with Crippen LogP contribution in [0.2, 0.25) is 0 Å². The number of hydrogen-bond donors (Lipinski definition) is 1. The van der Waals surface area contributed by atoms with E-state index in [4.69, 9.17) is 4.74 Å². The van der Waals surface area contributed by atoms with Gasteiger partial charge in [-0.05, 0) is 33.1 Å². The zero-order chi connectivity index (χ0) is 17.4. The first-order chi connectivity index (χ1) is 12.0. The standard InChI is InChI=1S/C18H29N5O2/c1-18(2,12-22-7-9-25-10-8-22)19-17(24)14-5-6-15-20-21-16(13-3-4-13)23(15)11-14/h13-14H,3-12H2,1-2H3,(H,19,24). The SMILES string of the molecule is CC(C)(CN1CCOCC1)NC(=O)C1CCc2nnc(C3CC3)n2C1. The third-order valence-electron chi connectivity index (χ3n) is 5.47. The van der Waals surface area contributed by atoms with Gasteiger partial charge >= 0.3 is 0 Å². The van der Waals surface area contributed by atoms with Gasteiger partial charge in [0.1, 0.15) is 11.6 Å². The number of aryl methyl sites for hydroxylation is 1. The Hall–Kier alpha value is -1.47. The highest BCUT2D eigenvalue weighted by Gasteiger charge is 2.35. The van der Waals surface area contributed by atoms with Crippen molar-refractivity contribution in [3.8, 4) is 0 Å². The summed E-state index contributed by atoms with van der Waals surface area (Å²) in [4.78, 5) is 15.2. The lowest BCUT2D eigenvalue weighted by atomic mass is 9.95. The predicted octanol–water partition coefficient (Wildman–Crippen LogP) is 0.945. The number of nitrogens with zero attached hydrogens (tertiary/aromatic N) is 4. The molecule has 7 nitrogen and oxygen atoms in total. The summed E-state index contributed by atoms with van der Waals surface area (Å²) in [6, 6.07) is 0. The van der Waals surface area contributed by atoms with E-state index in [1.54, 1.807) is 0 Å². The number of morpholine rings is 1. The number of rotatable bonds is 5. The highest BCUT2D eigenvalue weighted by atomic mass is 16.5. The van der Waals surface area contributed by atoms with Crippen molar-refractivity contribution >= 4 is 5.91 Å². The molecule has 2 fully saturated rings. The van der Waals surface area contributed by atoms with Crippen molar-refractivity contribution in [1.82, 2.24) is 25.0 Å². The van der Waals surface area contributed by atoms with Crippen LogP contribution in [0.3, 0.4) is 0 Å². The van der Waals surface area contributed by atoms with Crippen LogP contribution in [0.1, 0.15) is 50.7 Å². The fraction of sp³-hybridized carbons (Fsp3) is 0.833. The van der Waals surface area contributed by atoms with E-state index in [0.717, 1.165) is 63.9 Å². The van der Waals surface area contributed by atoms with E-state index in [0.29, 0.717) is 5.92 Å². The minimum absolute atomic E-state index is 0.0185. The van der Waals surface area contributed by atoms with Crippen molar-refractivity contribution in [2.75, 3.05) is 32.8 Å². The van der Waals surface area contributed by atoms with Gasteiger partial charge in [-0.2, -0.15) is 0 Å². The van der Waals surface area contributed by atoms with Crippen molar-refractivity contribution in [1.29, 1.82) is 0 Å². The Morgan fingerprint density at radius 2 is 2.00 bits per heavy atom. The second-order valence-corrected chi connectivity index (χ2v) is 8.36. The van der Waals surface area contributed by atoms with Gasteiger partial charge < -0.3 is 14.6 Å². The van der Waals surface area contributed by atoms with Gasteiger partial charge in [0.05, 0.1) is 19.1 Å². The predicted molar refractivity (Wildman–Crippen MR) is 93.3 cm³/mol. The average Bonchev–Trinajstić information content (AvgIpc) is 3.33. The van der Waals surface area contributed by atoms with Gasteiger partial charge in [0.15, 0.2) is 0 Å². The first kappa shape index (κ1) is 17.0. The molecule has 1 N–H and O–H groups in total. The van der Waals surface area contributed by atoms with Crippen LogP contribution in [-0.4, -0.2) is 64.0 Å². The third-order valence-corrected chi connectivity index (χ3v) is 5.47. The minimum Gasteiger partial charge on any atom is -0.379 e. The maximum Gasteiger partial charge on any atom is 0.225 e. The lowest BCUT2D eigenvalue weighted by molar-refractivity contribution is -0.128. The zero-order valence-corrected chi connectivity index (χ0v) is 15.3. The van der Waals surface area contributed by atoms with E-state index in [1.807, 2.05) is 0 Å². The molecule has 138 valence electrons. The molecule has 0 aromatic carbocycles. The van der Waals surface area contributed by atoms with Crippen LogP contribution in [0.5, 0.6) is 0 Å². The van der Waals surface area contributed by atoms with Crippen LogP contribution in [0.25, 0.3) is 0 Å². The second-order valence-electron chi connectivity index (χ2n) is 8.36. The van der Waals surface area contributed by atoms with E-state index >= 15 is 0 Å². The highest BCUT2D eigenvalue weighted by molar-refractivity contribution is 5.79. The van der Waals surface area contributed by atoms with Gasteiger partial charge in [0, 0.05) is 44.1 Å². The summed E-state index contributed by atoms with van der Waals surface area (Å²) >= 11 is 0. The molecule has 1 unspecified atom stereocenters. The molecule has 4 rings (SSSR count). The highest BCUT2D eigenvalue weighted by Crippen LogP contribution is 2.40. The molecule has 2 aliphatic heterocycles. The van der Waals surface area contributed by atoms with Gasteiger partial charge in [0.25, 0.3) is 0 Å². The first-order valence-electron chi connectivity index (χ1n) is 9.56. The normalized spacial score (nSPS) is 24.8. The van der Waals surface area contributed by atoms with Crippen molar-refractivity contribution in [3.63, 3.8) is 0 Å². The molecule has 1 aromatic rings. The molecule has 25 heavy (non-hydrogen) atoms. The summed E-state index contributed by atoms with van der Waals surface area (Å²) in [5.41, 5.74) is -0.235. The monoisotopic (exact) mass is 347 g/mol. The Bertz CT molecular complexity index is 631. The molecular formula is C18H29N5O2. The van der Waals surface area contributed by atoms with Crippen LogP contribution >= 0.6 is 0 Å². The smallest absolute Gasteiger partial charge is 0.225 e. The molecule has 3 heterocycles. The number of aromatic nitrogens is 3. The number of hydrogen-bond acceptors (Lipinski definition) is 5. The van der Waals surface area contributed by atoms with E-state index in [-0.39, 0.29) is 17.4 Å². The Kier molecular flexibility index (Phi) is 4.54. The summed E-state index contributed by atoms with van der Waals surface area (Å²) in [6.45, 7) is 9.27. The summed E-state index contributed by atoms with van der Waals surface area (Å²) in [6.07, 6.45) is 4.13. The van der Waals surface area contributed by atoms with Crippen molar-refractivity contribution < 1.29 is 9.53 Å². The molecule has 0 radical (unpaired) electrons. The summed E-state index contributed by atoms with van der Waals surface area (Å²) in [5.74, 6) is 2.91. The Morgan fingerprint density at radius 3 is 2.72 bits per heavy atom. The van der Waals surface area contributed by atoms with Gasteiger partial charge in [-0.3, -0.25) is 9.69 Å². The summed E-state index contributed by atoms with van der Waals surface area (Å²) < 4.78 is 7.62. The Labute approximate surface area is 149 Å². The Morgan fingerprint density at radius 1 is 1.24 bits per heavy atom. The van der Waals surface area contributed by atoms with Crippen molar-refractivity contribution in [2.24, 2.45) is 5.92 Å². The fourth-order valence-electron chi connectivity index (χ4n) is 4.00. The van der Waals surface area contributed by atoms with Gasteiger partial charge in [-0.1, -0.05) is 0 Å². The molecule has 1 amide bonds. The first-order valence-corrected chi connectivity index (χ1v) is 9.56. The maximum absolute atomic E-state index is 12.9. The number of nitrogens with one attached hydrogen (secondary N) is 1. The number of ether oxygens (including phenoxy) is 1. The van der Waals surface area contributed by atoms with Crippen LogP contribution in [0.4, 0.5) is 0 Å². The lowest BCUT2D eigenvalue weighted by Gasteiger charge is -2.36. The van der Waals surface area contributed by atoms with E-state index < -0.39 is 0 Å². The Balaban J connectivity index is 1.36. The van der Waals surface area contributed by atoms with Crippen LogP contribution in [0, 0.1) is 5.92 Å². The maximum atomic E-state index is 12.9. The molecule has 7 heteroatoms. The van der Waals surface area contributed by atoms with Crippen molar-refractivity contribution in [2.45, 2.75) is 57.5 Å². The topological polar surface area (TPSA) is 72.3 Å². The largest absolute Gasteiger partial charge is 0.379 e. The molecule has 1 saturated carbocycles. The molecule has 3 aliphatic rings. The molecule has 0 bridgehead atoms. The van der Waals surface area contributed by atoms with Crippen LogP contribution in [0.15, 0.2) is 0 Å². The molecule has 1 aromatic heterocycles. The average molecular weight is 347 g/mol. The van der Waals surface area contributed by atoms with Crippen LogP contribution in [-0.2, 0) is 22.5 Å². The molecule has 0 spiro atoms. The summed E-state index contributed by atoms with van der Waals surface area (Å²) in [7, 11) is 0. The van der Waals surface area contributed by atoms with Gasteiger partial charge in [0.2, 0.25) is 5.91 Å². The quantitative estimate of drug-likeness (QED) is 0.858. The van der Waals surface area contributed by atoms with E-state index in [9.17, 15) is 4.79 Å². The fourth-order valence-corrected chi connectivity index (χ4v) is 4.00. The zero-order valence-electron chi connectivity index (χ0n) is 15.3. The second kappa shape index (κ2) is 6.68. The number of carbonyl (C=O) groups excluding carboxylic acids is 1. The number of fused-ring (bicyclic) bond motifs is 1. The van der Waals surface area contributed by atoms with Crippen LogP contribution < -0.4 is 5.32 Å². The van der Waals surface area contributed by atoms with Crippen molar-refractivity contribution in [3.05, 3.63) is 11.6 Å². The minimum atomic E-state index is -0.235. The van der Waals surface area contributed by atoms with E-state index in [1.165, 1.54) is 12.8 Å². The molecule has 1 saturated heterocycles. The summed E-state index contributed by atoms with van der Waals surface area (Å²) in [5, 5.41) is 12.0.